The van der Waals surface area contributed by atoms with Crippen LogP contribution in [0.2, 0.25) is 5.02 Å². The van der Waals surface area contributed by atoms with Gasteiger partial charge in [-0.3, -0.25) is 14.6 Å². The molecule has 0 bridgehead atoms. The first kappa shape index (κ1) is 21.5. The van der Waals surface area contributed by atoms with Crippen molar-refractivity contribution in [3.8, 4) is 11.3 Å². The normalized spacial score (nSPS) is 10.8. The van der Waals surface area contributed by atoms with Gasteiger partial charge in [-0.15, -0.1) is 0 Å². The molecule has 0 atom stereocenters. The molecular formula is C22H21ClN2O5. The maximum Gasteiger partial charge on any atom is 0.346 e. The molecule has 2 heterocycles. The Balaban J connectivity index is 2.12. The van der Waals surface area contributed by atoms with Crippen LogP contribution < -0.4 is 10.5 Å². The summed E-state index contributed by atoms with van der Waals surface area (Å²) in [7, 11) is 0. The van der Waals surface area contributed by atoms with E-state index in [1.165, 1.54) is 26.1 Å². The van der Waals surface area contributed by atoms with Gasteiger partial charge in [0.05, 0.1) is 17.8 Å². The molecule has 0 N–H and O–H groups in total. The number of ketones is 1. The minimum atomic E-state index is -0.664. The van der Waals surface area contributed by atoms with Gasteiger partial charge >= 0.3 is 11.6 Å². The summed E-state index contributed by atoms with van der Waals surface area (Å²) in [5, 5.41) is 0.911. The predicted molar refractivity (Wildman–Crippen MR) is 115 cm³/mol. The quantitative estimate of drug-likeness (QED) is 0.318. The molecule has 0 unspecified atom stereocenters. The Labute approximate surface area is 178 Å². The number of fused-ring (bicyclic) bond motifs is 1. The molecule has 156 valence electrons. The number of benzene rings is 1. The molecule has 0 spiro atoms. The van der Waals surface area contributed by atoms with Gasteiger partial charge in [-0.2, -0.15) is 0 Å². The zero-order chi connectivity index (χ0) is 21.8. The number of nitrogens with zero attached hydrogens (tertiary/aromatic N) is 2. The van der Waals surface area contributed by atoms with Gasteiger partial charge in [0.2, 0.25) is 0 Å². The Morgan fingerprint density at radius 3 is 2.60 bits per heavy atom. The van der Waals surface area contributed by atoms with Gasteiger partial charge in [0.1, 0.15) is 12.2 Å². The second-order valence-corrected chi connectivity index (χ2v) is 7.09. The largest absolute Gasteiger partial charge is 0.464 e. The molecule has 1 aromatic carbocycles. The number of hydrogen-bond acceptors (Lipinski definition) is 7. The molecule has 0 aliphatic carbocycles. The van der Waals surface area contributed by atoms with Crippen molar-refractivity contribution in [2.75, 3.05) is 24.6 Å². The lowest BCUT2D eigenvalue weighted by Gasteiger charge is -2.23. The van der Waals surface area contributed by atoms with Crippen LogP contribution in [0.3, 0.4) is 0 Å². The summed E-state index contributed by atoms with van der Waals surface area (Å²) in [5.41, 5.74) is 1.02. The number of carbonyl (C=O) groups excluding carboxylic acids is 2. The molecule has 7 nitrogen and oxygen atoms in total. The van der Waals surface area contributed by atoms with Gasteiger partial charge in [0.25, 0.3) is 0 Å². The van der Waals surface area contributed by atoms with Gasteiger partial charge in [0.15, 0.2) is 5.78 Å². The minimum Gasteiger partial charge on any atom is -0.464 e. The van der Waals surface area contributed by atoms with Crippen LogP contribution >= 0.6 is 11.6 Å². The molecule has 0 fully saturated rings. The summed E-state index contributed by atoms with van der Waals surface area (Å²) in [6.45, 7) is 6.09. The van der Waals surface area contributed by atoms with Crippen molar-refractivity contribution in [1.82, 2.24) is 4.98 Å². The van der Waals surface area contributed by atoms with E-state index < -0.39 is 5.63 Å². The van der Waals surface area contributed by atoms with Crippen LogP contribution in [0.4, 0.5) is 5.69 Å². The number of anilines is 1. The third-order valence-electron chi connectivity index (χ3n) is 4.63. The van der Waals surface area contributed by atoms with Crippen molar-refractivity contribution in [3.63, 3.8) is 0 Å². The average Bonchev–Trinajstić information content (AvgIpc) is 2.69. The molecule has 30 heavy (non-hydrogen) atoms. The zero-order valence-corrected chi connectivity index (χ0v) is 17.7. The molecule has 0 radical (unpaired) electrons. The third-order valence-corrected chi connectivity index (χ3v) is 4.87. The first-order chi connectivity index (χ1) is 14.3. The molecule has 0 saturated carbocycles. The number of pyridine rings is 1. The Bertz CT molecular complexity index is 1170. The second-order valence-electron chi connectivity index (χ2n) is 6.66. The Hall–Kier alpha value is -3.19. The SMILES string of the molecule is CCN(CCOC(C)=O)c1ccc2c(C(C)=O)c(-c3cc(Cl)ccn3)c(=O)oc2c1. The lowest BCUT2D eigenvalue weighted by atomic mass is 9.98. The van der Waals surface area contributed by atoms with Crippen molar-refractivity contribution in [2.45, 2.75) is 20.8 Å². The fraction of sp³-hybridized carbons (Fsp3) is 0.273. The Morgan fingerprint density at radius 2 is 1.97 bits per heavy atom. The van der Waals surface area contributed by atoms with E-state index in [9.17, 15) is 14.4 Å². The van der Waals surface area contributed by atoms with Crippen LogP contribution in [0.15, 0.2) is 45.7 Å². The molecular weight excluding hydrogens is 408 g/mol. The standard InChI is InChI=1S/C22H21ClN2O5/c1-4-25(9-10-29-14(3)27)16-5-6-17-19(12-16)30-22(28)21(20(17)13(2)26)18-11-15(23)7-8-24-18/h5-8,11-12H,4,9-10H2,1-3H3. The van der Waals surface area contributed by atoms with Crippen LogP contribution in [0, 0.1) is 0 Å². The monoisotopic (exact) mass is 428 g/mol. The molecule has 3 rings (SSSR count). The summed E-state index contributed by atoms with van der Waals surface area (Å²) in [4.78, 5) is 42.4. The van der Waals surface area contributed by atoms with E-state index in [4.69, 9.17) is 20.8 Å². The lowest BCUT2D eigenvalue weighted by Crippen LogP contribution is -2.27. The van der Waals surface area contributed by atoms with E-state index in [1.54, 1.807) is 18.2 Å². The number of aromatic nitrogens is 1. The average molecular weight is 429 g/mol. The summed E-state index contributed by atoms with van der Waals surface area (Å²) < 4.78 is 10.6. The number of ether oxygens (including phenoxy) is 1. The van der Waals surface area contributed by atoms with Crippen molar-refractivity contribution < 1.29 is 18.7 Å². The summed E-state index contributed by atoms with van der Waals surface area (Å²) in [5.74, 6) is -0.622. The maximum absolute atomic E-state index is 12.8. The second kappa shape index (κ2) is 9.09. The van der Waals surface area contributed by atoms with E-state index in [0.717, 1.165) is 5.69 Å². The highest BCUT2D eigenvalue weighted by molar-refractivity contribution is 6.30. The van der Waals surface area contributed by atoms with Crippen molar-refractivity contribution in [2.24, 2.45) is 0 Å². The fourth-order valence-corrected chi connectivity index (χ4v) is 3.46. The highest BCUT2D eigenvalue weighted by Gasteiger charge is 2.21. The highest BCUT2D eigenvalue weighted by atomic mass is 35.5. The van der Waals surface area contributed by atoms with E-state index in [1.807, 2.05) is 17.9 Å². The van der Waals surface area contributed by atoms with E-state index in [-0.39, 0.29) is 35.2 Å². The summed E-state index contributed by atoms with van der Waals surface area (Å²) >= 11 is 6.04. The zero-order valence-electron chi connectivity index (χ0n) is 16.9. The van der Waals surface area contributed by atoms with Gasteiger partial charge in [-0.05, 0) is 38.1 Å². The lowest BCUT2D eigenvalue weighted by molar-refractivity contribution is -0.140. The van der Waals surface area contributed by atoms with Crippen molar-refractivity contribution in [3.05, 3.63) is 57.5 Å². The van der Waals surface area contributed by atoms with Gasteiger partial charge in [-0.25, -0.2) is 4.79 Å². The van der Waals surface area contributed by atoms with Crippen LogP contribution in [-0.2, 0) is 9.53 Å². The first-order valence-corrected chi connectivity index (χ1v) is 9.81. The number of carbonyl (C=O) groups is 2. The van der Waals surface area contributed by atoms with Crippen LogP contribution in [0.1, 0.15) is 31.1 Å². The maximum atomic E-state index is 12.8. The Kier molecular flexibility index (Phi) is 6.52. The van der Waals surface area contributed by atoms with Gasteiger partial charge < -0.3 is 14.1 Å². The van der Waals surface area contributed by atoms with Gasteiger partial charge in [0, 0.05) is 47.4 Å². The highest BCUT2D eigenvalue weighted by Crippen LogP contribution is 2.30. The number of hydrogen-bond donors (Lipinski definition) is 0. The molecule has 3 aromatic rings. The number of likely N-dealkylation sites (N-methyl/N-ethyl adjacent to an activating group) is 1. The smallest absolute Gasteiger partial charge is 0.346 e. The molecule has 0 amide bonds. The number of rotatable bonds is 7. The predicted octanol–water partition coefficient (Wildman–Crippen LogP) is 4.10. The summed E-state index contributed by atoms with van der Waals surface area (Å²) in [6, 6.07) is 8.39. The third kappa shape index (κ3) is 4.52. The van der Waals surface area contributed by atoms with E-state index in [2.05, 4.69) is 4.98 Å². The molecule has 0 aliphatic heterocycles. The molecule has 2 aromatic heterocycles. The first-order valence-electron chi connectivity index (χ1n) is 9.43. The molecule has 8 heteroatoms. The van der Waals surface area contributed by atoms with Gasteiger partial charge in [-0.1, -0.05) is 11.6 Å². The van der Waals surface area contributed by atoms with Crippen LogP contribution in [-0.4, -0.2) is 36.4 Å². The summed E-state index contributed by atoms with van der Waals surface area (Å²) in [6.07, 6.45) is 1.47. The minimum absolute atomic E-state index is 0.0902. The molecule has 0 saturated heterocycles. The van der Waals surface area contributed by atoms with Crippen LogP contribution in [0.5, 0.6) is 0 Å². The van der Waals surface area contributed by atoms with E-state index >= 15 is 0 Å². The van der Waals surface area contributed by atoms with E-state index in [0.29, 0.717) is 29.1 Å². The number of Topliss-reactive ketones (excluding diaryl/α,β-unsaturated/α-hetero) is 1. The molecule has 0 aliphatic rings. The van der Waals surface area contributed by atoms with Crippen molar-refractivity contribution in [1.29, 1.82) is 0 Å². The number of halogens is 1. The number of esters is 1. The fourth-order valence-electron chi connectivity index (χ4n) is 3.30. The van der Waals surface area contributed by atoms with Crippen LogP contribution in [0.25, 0.3) is 22.2 Å². The topological polar surface area (TPSA) is 89.7 Å². The Morgan fingerprint density at radius 1 is 1.20 bits per heavy atom. The van der Waals surface area contributed by atoms with Crippen molar-refractivity contribution >= 4 is 40.0 Å².